The van der Waals surface area contributed by atoms with Gasteiger partial charge in [0.1, 0.15) is 5.75 Å². The van der Waals surface area contributed by atoms with Gasteiger partial charge in [0.25, 0.3) is 0 Å². The van der Waals surface area contributed by atoms with Crippen molar-refractivity contribution in [2.45, 2.75) is 45.4 Å². The summed E-state index contributed by atoms with van der Waals surface area (Å²) >= 11 is 0. The van der Waals surface area contributed by atoms with E-state index in [1.54, 1.807) is 12.1 Å². The fraction of sp³-hybridized carbons (Fsp3) is 0.571. The van der Waals surface area contributed by atoms with E-state index in [9.17, 15) is 5.11 Å². The third kappa shape index (κ3) is 2.53. The molecule has 1 N–H and O–H groups in total. The standard InChI is InChI=1S/C14H20O/c1-14(2)9-3-4-12(10-14)11-5-7-13(15)8-6-11/h5-8,12,15H,3-4,9-10H2,1-2H3. The number of phenols is 1. The van der Waals surface area contributed by atoms with Gasteiger partial charge in [0.05, 0.1) is 0 Å². The van der Waals surface area contributed by atoms with Gasteiger partial charge in [0, 0.05) is 0 Å². The third-order valence-corrected chi connectivity index (χ3v) is 3.57. The lowest BCUT2D eigenvalue weighted by atomic mass is 9.70. The van der Waals surface area contributed by atoms with Crippen molar-refractivity contribution in [1.82, 2.24) is 0 Å². The molecule has 0 heterocycles. The third-order valence-electron chi connectivity index (χ3n) is 3.57. The Balaban J connectivity index is 2.13. The topological polar surface area (TPSA) is 20.2 Å². The Hall–Kier alpha value is -0.980. The molecule has 0 saturated heterocycles. The average Bonchev–Trinajstić information content (AvgIpc) is 2.17. The summed E-state index contributed by atoms with van der Waals surface area (Å²) in [6, 6.07) is 7.75. The second-order valence-corrected chi connectivity index (χ2v) is 5.55. The highest BCUT2D eigenvalue weighted by Crippen LogP contribution is 2.43. The van der Waals surface area contributed by atoms with Crippen molar-refractivity contribution in [3.05, 3.63) is 29.8 Å². The first kappa shape index (κ1) is 10.5. The summed E-state index contributed by atoms with van der Waals surface area (Å²) in [7, 11) is 0. The van der Waals surface area contributed by atoms with Crippen LogP contribution in [0.5, 0.6) is 5.75 Å². The molecule has 1 nitrogen and oxygen atoms in total. The highest BCUT2D eigenvalue weighted by Gasteiger charge is 2.28. The summed E-state index contributed by atoms with van der Waals surface area (Å²) in [6.45, 7) is 4.72. The molecule has 1 unspecified atom stereocenters. The maximum Gasteiger partial charge on any atom is 0.115 e. The van der Waals surface area contributed by atoms with E-state index in [1.165, 1.54) is 31.2 Å². The van der Waals surface area contributed by atoms with Crippen LogP contribution in [0, 0.1) is 5.41 Å². The van der Waals surface area contributed by atoms with Crippen LogP contribution in [0.25, 0.3) is 0 Å². The molecule has 2 rings (SSSR count). The van der Waals surface area contributed by atoms with Crippen LogP contribution < -0.4 is 0 Å². The van der Waals surface area contributed by atoms with Crippen LogP contribution in [0.2, 0.25) is 0 Å². The fourth-order valence-corrected chi connectivity index (χ4v) is 2.73. The number of phenolic OH excluding ortho intramolecular Hbond substituents is 1. The lowest BCUT2D eigenvalue weighted by Gasteiger charge is -2.35. The Morgan fingerprint density at radius 2 is 1.87 bits per heavy atom. The Morgan fingerprint density at radius 1 is 1.20 bits per heavy atom. The second kappa shape index (κ2) is 3.88. The van der Waals surface area contributed by atoms with Crippen molar-refractivity contribution in [2.75, 3.05) is 0 Å². The molecule has 1 fully saturated rings. The molecule has 82 valence electrons. The molecule has 1 aromatic rings. The first-order chi connectivity index (χ1) is 7.07. The van der Waals surface area contributed by atoms with Crippen LogP contribution in [0.4, 0.5) is 0 Å². The number of aromatic hydroxyl groups is 1. The Kier molecular flexibility index (Phi) is 2.72. The molecule has 1 aromatic carbocycles. The normalized spacial score (nSPS) is 25.1. The number of hydrogen-bond acceptors (Lipinski definition) is 1. The van der Waals surface area contributed by atoms with Gasteiger partial charge in [0.15, 0.2) is 0 Å². The minimum absolute atomic E-state index is 0.369. The predicted octanol–water partition coefficient (Wildman–Crippen LogP) is 4.08. The molecular formula is C14H20O. The van der Waals surface area contributed by atoms with E-state index in [0.717, 1.165) is 0 Å². The van der Waals surface area contributed by atoms with E-state index in [4.69, 9.17) is 0 Å². The van der Waals surface area contributed by atoms with E-state index < -0.39 is 0 Å². The zero-order chi connectivity index (χ0) is 10.9. The molecule has 0 bridgehead atoms. The monoisotopic (exact) mass is 204 g/mol. The van der Waals surface area contributed by atoms with Gasteiger partial charge in [-0.3, -0.25) is 0 Å². The van der Waals surface area contributed by atoms with Crippen LogP contribution in [-0.2, 0) is 0 Å². The maximum absolute atomic E-state index is 9.26. The summed E-state index contributed by atoms with van der Waals surface area (Å²) in [6.07, 6.45) is 5.26. The zero-order valence-electron chi connectivity index (χ0n) is 9.66. The van der Waals surface area contributed by atoms with Gasteiger partial charge < -0.3 is 5.11 Å². The number of rotatable bonds is 1. The summed E-state index contributed by atoms with van der Waals surface area (Å²) in [5, 5.41) is 9.26. The molecule has 0 aliphatic heterocycles. The minimum atomic E-state index is 0.369. The summed E-state index contributed by atoms with van der Waals surface area (Å²) in [5.41, 5.74) is 1.88. The van der Waals surface area contributed by atoms with Crippen LogP contribution in [0.1, 0.15) is 51.0 Å². The Labute approximate surface area is 92.1 Å². The average molecular weight is 204 g/mol. The van der Waals surface area contributed by atoms with E-state index in [0.29, 0.717) is 17.1 Å². The minimum Gasteiger partial charge on any atom is -0.508 e. The van der Waals surface area contributed by atoms with E-state index in [2.05, 4.69) is 26.0 Å². The molecule has 0 spiro atoms. The van der Waals surface area contributed by atoms with E-state index in [1.807, 2.05) is 0 Å². The summed E-state index contributed by atoms with van der Waals surface area (Å²) in [5.74, 6) is 1.06. The molecule has 1 aliphatic carbocycles. The Bertz CT molecular complexity index is 324. The van der Waals surface area contributed by atoms with Crippen molar-refractivity contribution in [2.24, 2.45) is 5.41 Å². The van der Waals surface area contributed by atoms with E-state index >= 15 is 0 Å². The van der Waals surface area contributed by atoms with Crippen molar-refractivity contribution < 1.29 is 5.11 Å². The predicted molar refractivity (Wildman–Crippen MR) is 63.1 cm³/mol. The van der Waals surface area contributed by atoms with Crippen molar-refractivity contribution in [1.29, 1.82) is 0 Å². The molecule has 0 aromatic heterocycles. The smallest absolute Gasteiger partial charge is 0.115 e. The van der Waals surface area contributed by atoms with Crippen molar-refractivity contribution >= 4 is 0 Å². The summed E-state index contributed by atoms with van der Waals surface area (Å²) < 4.78 is 0. The fourth-order valence-electron chi connectivity index (χ4n) is 2.73. The van der Waals surface area contributed by atoms with Gasteiger partial charge in [-0.05, 0) is 48.3 Å². The largest absolute Gasteiger partial charge is 0.508 e. The first-order valence-electron chi connectivity index (χ1n) is 5.86. The highest BCUT2D eigenvalue weighted by atomic mass is 16.3. The lowest BCUT2D eigenvalue weighted by molar-refractivity contribution is 0.219. The van der Waals surface area contributed by atoms with Crippen molar-refractivity contribution in [3.63, 3.8) is 0 Å². The summed E-state index contributed by atoms with van der Waals surface area (Å²) in [4.78, 5) is 0. The quantitative estimate of drug-likeness (QED) is 0.731. The second-order valence-electron chi connectivity index (χ2n) is 5.55. The maximum atomic E-state index is 9.26. The molecule has 1 saturated carbocycles. The van der Waals surface area contributed by atoms with Gasteiger partial charge in [-0.1, -0.05) is 32.4 Å². The Morgan fingerprint density at radius 3 is 2.47 bits per heavy atom. The zero-order valence-corrected chi connectivity index (χ0v) is 9.66. The van der Waals surface area contributed by atoms with Gasteiger partial charge >= 0.3 is 0 Å². The molecule has 0 radical (unpaired) electrons. The van der Waals surface area contributed by atoms with Crippen LogP contribution in [0.3, 0.4) is 0 Å². The van der Waals surface area contributed by atoms with Crippen LogP contribution in [-0.4, -0.2) is 5.11 Å². The lowest BCUT2D eigenvalue weighted by Crippen LogP contribution is -2.21. The first-order valence-corrected chi connectivity index (χ1v) is 5.86. The van der Waals surface area contributed by atoms with E-state index in [-0.39, 0.29) is 0 Å². The number of benzene rings is 1. The van der Waals surface area contributed by atoms with Crippen LogP contribution >= 0.6 is 0 Å². The molecule has 0 amide bonds. The van der Waals surface area contributed by atoms with Crippen LogP contribution in [0.15, 0.2) is 24.3 Å². The molecule has 15 heavy (non-hydrogen) atoms. The SMILES string of the molecule is CC1(C)CCCC(c2ccc(O)cc2)C1. The molecular weight excluding hydrogens is 184 g/mol. The number of hydrogen-bond donors (Lipinski definition) is 1. The van der Waals surface area contributed by atoms with Gasteiger partial charge in [-0.2, -0.15) is 0 Å². The molecule has 1 aliphatic rings. The van der Waals surface area contributed by atoms with Gasteiger partial charge in [-0.15, -0.1) is 0 Å². The molecule has 1 heteroatoms. The van der Waals surface area contributed by atoms with Gasteiger partial charge in [-0.25, -0.2) is 0 Å². The highest BCUT2D eigenvalue weighted by molar-refractivity contribution is 5.28. The van der Waals surface area contributed by atoms with Crippen molar-refractivity contribution in [3.8, 4) is 5.75 Å². The van der Waals surface area contributed by atoms with Gasteiger partial charge in [0.2, 0.25) is 0 Å². The molecule has 1 atom stereocenters.